The van der Waals surface area contributed by atoms with Crippen molar-refractivity contribution >= 4 is 33.2 Å². The van der Waals surface area contributed by atoms with Crippen LogP contribution in [0, 0.1) is 6.92 Å². The third kappa shape index (κ3) is 2.90. The normalized spacial score (nSPS) is 10.1. The van der Waals surface area contributed by atoms with Crippen molar-refractivity contribution in [2.24, 2.45) is 0 Å². The van der Waals surface area contributed by atoms with Crippen molar-refractivity contribution < 1.29 is 4.79 Å². The third-order valence-corrected chi connectivity index (χ3v) is 3.04. The molecule has 0 spiro atoms. The number of aryl methyl sites for hydroxylation is 1. The summed E-state index contributed by atoms with van der Waals surface area (Å²) >= 11 is 3.34. The first-order valence-corrected chi connectivity index (χ1v) is 6.28. The highest BCUT2D eigenvalue weighted by atomic mass is 79.9. The maximum Gasteiger partial charge on any atom is 0.255 e. The molecule has 2 rings (SSSR count). The quantitative estimate of drug-likeness (QED) is 0.833. The highest BCUT2D eigenvalue weighted by Crippen LogP contribution is 2.20. The summed E-state index contributed by atoms with van der Waals surface area (Å²) in [6.07, 6.45) is 0. The number of nitrogen functional groups attached to an aromatic ring is 1. The number of hydrogen-bond donors (Lipinski definition) is 2. The summed E-state index contributed by atoms with van der Waals surface area (Å²) < 4.78 is 0.868. The fourth-order valence-corrected chi connectivity index (χ4v) is 2.02. The molecule has 0 aliphatic rings. The molecule has 3 nitrogen and oxygen atoms in total. The molecule has 0 heterocycles. The van der Waals surface area contributed by atoms with E-state index in [9.17, 15) is 4.79 Å². The van der Waals surface area contributed by atoms with Crippen molar-refractivity contribution in [2.75, 3.05) is 11.1 Å². The van der Waals surface area contributed by atoms with Gasteiger partial charge < -0.3 is 11.1 Å². The largest absolute Gasteiger partial charge is 0.397 e. The van der Waals surface area contributed by atoms with Gasteiger partial charge in [-0.25, -0.2) is 0 Å². The van der Waals surface area contributed by atoms with Gasteiger partial charge in [-0.2, -0.15) is 0 Å². The molecule has 92 valence electrons. The molecule has 4 heteroatoms. The summed E-state index contributed by atoms with van der Waals surface area (Å²) in [7, 11) is 0. The summed E-state index contributed by atoms with van der Waals surface area (Å²) in [6.45, 7) is 1.95. The number of anilines is 2. The maximum atomic E-state index is 12.0. The Morgan fingerprint density at radius 2 is 2.00 bits per heavy atom. The molecule has 0 radical (unpaired) electrons. The second kappa shape index (κ2) is 5.23. The van der Waals surface area contributed by atoms with E-state index in [1.54, 1.807) is 18.2 Å². The summed E-state index contributed by atoms with van der Waals surface area (Å²) in [5.41, 5.74) is 8.70. The van der Waals surface area contributed by atoms with E-state index in [1.165, 1.54) is 0 Å². The minimum Gasteiger partial charge on any atom is -0.397 e. The van der Waals surface area contributed by atoms with Crippen LogP contribution in [-0.4, -0.2) is 5.91 Å². The molecule has 18 heavy (non-hydrogen) atoms. The first-order valence-electron chi connectivity index (χ1n) is 5.49. The summed E-state index contributed by atoms with van der Waals surface area (Å²) in [5.74, 6) is -0.174. The van der Waals surface area contributed by atoms with Crippen molar-refractivity contribution in [2.45, 2.75) is 6.92 Å². The number of carbonyl (C=O) groups excluding carboxylic acids is 1. The molecule has 3 N–H and O–H groups in total. The van der Waals surface area contributed by atoms with Crippen LogP contribution in [0.2, 0.25) is 0 Å². The van der Waals surface area contributed by atoms with E-state index in [1.807, 2.05) is 31.2 Å². The van der Waals surface area contributed by atoms with Gasteiger partial charge in [-0.15, -0.1) is 0 Å². The fourth-order valence-electron chi connectivity index (χ4n) is 1.62. The smallest absolute Gasteiger partial charge is 0.255 e. The Hall–Kier alpha value is -1.81. The van der Waals surface area contributed by atoms with E-state index in [2.05, 4.69) is 21.2 Å². The number of carbonyl (C=O) groups is 1. The number of halogens is 1. The lowest BCUT2D eigenvalue weighted by Gasteiger charge is -2.09. The Morgan fingerprint density at radius 1 is 1.22 bits per heavy atom. The lowest BCUT2D eigenvalue weighted by molar-refractivity contribution is 0.102. The SMILES string of the molecule is Cc1ccc(NC(=O)c2cccc(Br)c2)c(N)c1. The van der Waals surface area contributed by atoms with E-state index < -0.39 is 0 Å². The van der Waals surface area contributed by atoms with Crippen molar-refractivity contribution in [1.82, 2.24) is 0 Å². The van der Waals surface area contributed by atoms with Crippen LogP contribution < -0.4 is 11.1 Å². The summed E-state index contributed by atoms with van der Waals surface area (Å²) in [6, 6.07) is 12.8. The molecule has 0 saturated carbocycles. The number of rotatable bonds is 2. The minimum absolute atomic E-state index is 0.174. The van der Waals surface area contributed by atoms with Gasteiger partial charge in [0.1, 0.15) is 0 Å². The standard InChI is InChI=1S/C14H13BrN2O/c1-9-5-6-13(12(16)7-9)17-14(18)10-3-2-4-11(15)8-10/h2-8H,16H2,1H3,(H,17,18). The van der Waals surface area contributed by atoms with E-state index in [4.69, 9.17) is 5.73 Å². The third-order valence-electron chi connectivity index (χ3n) is 2.54. The molecule has 2 aromatic carbocycles. The molecule has 1 amide bonds. The Kier molecular flexibility index (Phi) is 3.67. The summed E-state index contributed by atoms with van der Waals surface area (Å²) in [5, 5.41) is 2.80. The Labute approximate surface area is 114 Å². The number of nitrogens with two attached hydrogens (primary N) is 1. The molecular weight excluding hydrogens is 292 g/mol. The zero-order valence-electron chi connectivity index (χ0n) is 9.91. The first kappa shape index (κ1) is 12.6. The Bertz CT molecular complexity index is 596. The van der Waals surface area contributed by atoms with E-state index in [-0.39, 0.29) is 5.91 Å². The van der Waals surface area contributed by atoms with Crippen LogP contribution in [0.15, 0.2) is 46.9 Å². The van der Waals surface area contributed by atoms with Gasteiger partial charge in [-0.1, -0.05) is 28.1 Å². The lowest BCUT2D eigenvalue weighted by Crippen LogP contribution is -2.13. The Morgan fingerprint density at radius 3 is 2.67 bits per heavy atom. The van der Waals surface area contributed by atoms with Crippen LogP contribution in [0.5, 0.6) is 0 Å². The zero-order valence-corrected chi connectivity index (χ0v) is 11.5. The zero-order chi connectivity index (χ0) is 13.1. The van der Waals surface area contributed by atoms with Gasteiger partial charge in [0, 0.05) is 10.0 Å². The van der Waals surface area contributed by atoms with E-state index in [0.29, 0.717) is 16.9 Å². The average molecular weight is 305 g/mol. The molecule has 2 aromatic rings. The second-order valence-corrected chi connectivity index (χ2v) is 4.97. The Balaban J connectivity index is 2.21. The van der Waals surface area contributed by atoms with Crippen molar-refractivity contribution in [3.8, 4) is 0 Å². The van der Waals surface area contributed by atoms with E-state index in [0.717, 1.165) is 10.0 Å². The monoisotopic (exact) mass is 304 g/mol. The van der Waals surface area contributed by atoms with Gasteiger partial charge in [-0.3, -0.25) is 4.79 Å². The number of benzene rings is 2. The molecule has 0 fully saturated rings. The molecule has 0 bridgehead atoms. The number of hydrogen-bond acceptors (Lipinski definition) is 2. The van der Waals surface area contributed by atoms with Gasteiger partial charge in [0.25, 0.3) is 5.91 Å². The van der Waals surface area contributed by atoms with Crippen LogP contribution in [0.3, 0.4) is 0 Å². The topological polar surface area (TPSA) is 55.1 Å². The van der Waals surface area contributed by atoms with Crippen molar-refractivity contribution in [1.29, 1.82) is 0 Å². The molecule has 0 atom stereocenters. The minimum atomic E-state index is -0.174. The van der Waals surface area contributed by atoms with Crippen LogP contribution in [-0.2, 0) is 0 Å². The molecular formula is C14H13BrN2O. The van der Waals surface area contributed by atoms with Gasteiger partial charge in [0.2, 0.25) is 0 Å². The van der Waals surface area contributed by atoms with Gasteiger partial charge in [0.05, 0.1) is 11.4 Å². The molecule has 0 aliphatic heterocycles. The molecule has 0 unspecified atom stereocenters. The second-order valence-electron chi connectivity index (χ2n) is 4.06. The maximum absolute atomic E-state index is 12.0. The summed E-state index contributed by atoms with van der Waals surface area (Å²) in [4.78, 5) is 12.0. The van der Waals surface area contributed by atoms with Crippen LogP contribution in [0.25, 0.3) is 0 Å². The van der Waals surface area contributed by atoms with E-state index >= 15 is 0 Å². The molecule has 0 saturated heterocycles. The fraction of sp³-hybridized carbons (Fsp3) is 0.0714. The number of amides is 1. The molecule has 0 aliphatic carbocycles. The van der Waals surface area contributed by atoms with Gasteiger partial charge >= 0.3 is 0 Å². The first-order chi connectivity index (χ1) is 8.56. The van der Waals surface area contributed by atoms with Crippen LogP contribution in [0.1, 0.15) is 15.9 Å². The predicted octanol–water partition coefficient (Wildman–Crippen LogP) is 3.59. The highest BCUT2D eigenvalue weighted by Gasteiger charge is 2.08. The van der Waals surface area contributed by atoms with Crippen LogP contribution in [0.4, 0.5) is 11.4 Å². The van der Waals surface area contributed by atoms with Gasteiger partial charge in [0.15, 0.2) is 0 Å². The highest BCUT2D eigenvalue weighted by molar-refractivity contribution is 9.10. The van der Waals surface area contributed by atoms with Crippen molar-refractivity contribution in [3.05, 3.63) is 58.1 Å². The molecule has 0 aromatic heterocycles. The number of nitrogens with one attached hydrogen (secondary N) is 1. The lowest BCUT2D eigenvalue weighted by atomic mass is 10.1. The predicted molar refractivity (Wildman–Crippen MR) is 77.7 cm³/mol. The average Bonchev–Trinajstić information content (AvgIpc) is 2.32. The van der Waals surface area contributed by atoms with Gasteiger partial charge in [-0.05, 0) is 42.8 Å². The van der Waals surface area contributed by atoms with Crippen LogP contribution >= 0.6 is 15.9 Å². The van der Waals surface area contributed by atoms with Crippen molar-refractivity contribution in [3.63, 3.8) is 0 Å².